The number of carbonyl (C=O) groups excluding carboxylic acids is 2. The molecule has 3 aliphatic rings. The molecule has 0 radical (unpaired) electrons. The predicted molar refractivity (Wildman–Crippen MR) is 137 cm³/mol. The number of nitrogens with one attached hydrogen (secondary N) is 3. The number of fused-ring (bicyclic) bond motifs is 4. The quantitative estimate of drug-likeness (QED) is 0.336. The maximum absolute atomic E-state index is 13.2. The molecule has 1 spiro atoms. The summed E-state index contributed by atoms with van der Waals surface area (Å²) >= 11 is 6.29. The summed E-state index contributed by atoms with van der Waals surface area (Å²) in [6.45, 7) is 0.152. The van der Waals surface area contributed by atoms with Crippen LogP contribution in [-0.4, -0.2) is 35.9 Å². The number of H-pyrrole nitrogens is 1. The minimum atomic E-state index is -0.639. The van der Waals surface area contributed by atoms with Crippen LogP contribution in [0.3, 0.4) is 0 Å². The van der Waals surface area contributed by atoms with Crippen molar-refractivity contribution in [1.82, 2.24) is 24.1 Å². The highest BCUT2D eigenvalue weighted by Crippen LogP contribution is 2.47. The van der Waals surface area contributed by atoms with Gasteiger partial charge in [-0.15, -0.1) is 0 Å². The molecule has 37 heavy (non-hydrogen) atoms. The molecule has 5 heterocycles. The molecule has 0 saturated carbocycles. The summed E-state index contributed by atoms with van der Waals surface area (Å²) in [6.07, 6.45) is 2.86. The maximum atomic E-state index is 13.2. The highest BCUT2D eigenvalue weighted by Gasteiger charge is 2.51. The van der Waals surface area contributed by atoms with Gasteiger partial charge in [0.1, 0.15) is 18.2 Å². The van der Waals surface area contributed by atoms with Crippen LogP contribution in [-0.2, 0) is 40.9 Å². The Kier molecular flexibility index (Phi) is 3.84. The van der Waals surface area contributed by atoms with E-state index in [1.807, 2.05) is 18.2 Å². The van der Waals surface area contributed by atoms with Crippen molar-refractivity contribution in [2.75, 3.05) is 10.6 Å². The second kappa shape index (κ2) is 6.86. The Bertz CT molecular complexity index is 1890. The van der Waals surface area contributed by atoms with E-state index in [-0.39, 0.29) is 30.6 Å². The zero-order valence-electron chi connectivity index (χ0n) is 19.3. The molecule has 8 rings (SSSR count). The monoisotopic (exact) mass is 511 g/mol. The van der Waals surface area contributed by atoms with Crippen LogP contribution in [0.25, 0.3) is 22.1 Å². The number of amides is 2. The maximum Gasteiger partial charge on any atom is 0.330 e. The Morgan fingerprint density at radius 3 is 2.76 bits per heavy atom. The molecule has 2 amide bonds. The molecule has 5 aromatic rings. The van der Waals surface area contributed by atoms with E-state index in [2.05, 4.69) is 26.7 Å². The van der Waals surface area contributed by atoms with E-state index in [0.717, 1.165) is 27.7 Å². The van der Waals surface area contributed by atoms with Crippen molar-refractivity contribution >= 4 is 57.0 Å². The fourth-order valence-electron chi connectivity index (χ4n) is 6.19. The van der Waals surface area contributed by atoms with Gasteiger partial charge < -0.3 is 15.6 Å². The minimum Gasteiger partial charge on any atom is -0.340 e. The van der Waals surface area contributed by atoms with Crippen molar-refractivity contribution < 1.29 is 9.59 Å². The lowest BCUT2D eigenvalue weighted by Gasteiger charge is -2.20. The summed E-state index contributed by atoms with van der Waals surface area (Å²) in [5.41, 5.74) is 5.55. The molecule has 0 fully saturated rings. The van der Waals surface area contributed by atoms with Crippen LogP contribution in [0.2, 0.25) is 5.02 Å². The lowest BCUT2D eigenvalue weighted by atomic mass is 9.79. The molecule has 1 aliphatic carbocycles. The van der Waals surface area contributed by atoms with Crippen molar-refractivity contribution in [2.45, 2.75) is 31.3 Å². The third-order valence-electron chi connectivity index (χ3n) is 7.83. The van der Waals surface area contributed by atoms with Crippen LogP contribution in [0.1, 0.15) is 22.5 Å². The molecule has 1 unspecified atom stereocenters. The van der Waals surface area contributed by atoms with E-state index in [9.17, 15) is 14.4 Å². The number of hydrogen-bond acceptors (Lipinski definition) is 5. The number of rotatable bonds is 2. The number of halogens is 1. The van der Waals surface area contributed by atoms with E-state index >= 15 is 0 Å². The predicted octanol–water partition coefficient (Wildman–Crippen LogP) is 2.72. The standard InChI is InChI=1S/C26H18ClN7O3/c27-15-3-4-18-22-21(15)31-20(35)11-34(22)25(37)33(18)10-19-29-16-6-12-8-26(9-13(12)7-17(16)30-19)14-2-1-5-28-23(14)32-24(26)36/h1-7H,8-11H2,(H,29,30)(H,31,35)(H,28,32,36). The van der Waals surface area contributed by atoms with Gasteiger partial charge in [0.25, 0.3) is 0 Å². The third kappa shape index (κ3) is 2.67. The first kappa shape index (κ1) is 20.7. The lowest BCUT2D eigenvalue weighted by Crippen LogP contribution is -2.35. The molecule has 1 atom stereocenters. The van der Waals surface area contributed by atoms with Crippen molar-refractivity contribution in [3.8, 4) is 0 Å². The first-order chi connectivity index (χ1) is 17.9. The summed E-state index contributed by atoms with van der Waals surface area (Å²) in [5, 5.41) is 6.10. The Labute approximate surface area is 213 Å². The van der Waals surface area contributed by atoms with Crippen LogP contribution in [0.4, 0.5) is 11.5 Å². The second-order valence-electron chi connectivity index (χ2n) is 9.90. The zero-order valence-corrected chi connectivity index (χ0v) is 20.0. The van der Waals surface area contributed by atoms with Crippen LogP contribution in [0.5, 0.6) is 0 Å². The topological polar surface area (TPSA) is 127 Å². The van der Waals surface area contributed by atoms with Gasteiger partial charge in [0, 0.05) is 11.8 Å². The second-order valence-corrected chi connectivity index (χ2v) is 10.3. The molecule has 2 aromatic carbocycles. The molecule has 11 heteroatoms. The van der Waals surface area contributed by atoms with Crippen molar-refractivity contribution in [1.29, 1.82) is 0 Å². The number of benzene rings is 2. The van der Waals surface area contributed by atoms with Gasteiger partial charge in [-0.3, -0.25) is 18.7 Å². The highest BCUT2D eigenvalue weighted by molar-refractivity contribution is 6.35. The molecular formula is C26H18ClN7O3. The van der Waals surface area contributed by atoms with Gasteiger partial charge in [-0.25, -0.2) is 14.8 Å². The van der Waals surface area contributed by atoms with Crippen LogP contribution < -0.4 is 16.3 Å². The number of pyridine rings is 1. The Morgan fingerprint density at radius 2 is 1.89 bits per heavy atom. The molecular weight excluding hydrogens is 494 g/mol. The smallest absolute Gasteiger partial charge is 0.330 e. The van der Waals surface area contributed by atoms with Gasteiger partial charge in [-0.2, -0.15) is 0 Å². The first-order valence-corrected chi connectivity index (χ1v) is 12.3. The summed E-state index contributed by atoms with van der Waals surface area (Å²) in [4.78, 5) is 50.8. The number of aromatic amines is 1. The SMILES string of the molecule is O=C1Cn2c(=O)n(Cc3nc4cc5c(cc4[nH]3)CC3(C5)C(=O)Nc4ncccc43)c3ccc(Cl)c(c32)N1. The molecule has 10 nitrogen and oxygen atoms in total. The summed E-state index contributed by atoms with van der Waals surface area (Å²) < 4.78 is 3.05. The normalized spacial score (nSPS) is 16.9. The number of aromatic nitrogens is 5. The number of carbonyl (C=O) groups is 2. The number of imidazole rings is 2. The Hall–Kier alpha value is -4.44. The van der Waals surface area contributed by atoms with Gasteiger partial charge in [0.2, 0.25) is 11.8 Å². The van der Waals surface area contributed by atoms with E-state index in [4.69, 9.17) is 16.6 Å². The van der Waals surface area contributed by atoms with Crippen molar-refractivity contribution in [3.63, 3.8) is 0 Å². The molecule has 3 aromatic heterocycles. The van der Waals surface area contributed by atoms with Crippen LogP contribution in [0.15, 0.2) is 47.4 Å². The molecule has 0 bridgehead atoms. The van der Waals surface area contributed by atoms with E-state index in [0.29, 0.717) is 46.2 Å². The number of anilines is 2. The Morgan fingerprint density at radius 1 is 1.05 bits per heavy atom. The fraction of sp³-hybridized carbons (Fsp3) is 0.192. The van der Waals surface area contributed by atoms with Crippen LogP contribution >= 0.6 is 11.6 Å². The Balaban J connectivity index is 1.18. The van der Waals surface area contributed by atoms with Crippen molar-refractivity contribution in [3.05, 3.63) is 80.6 Å². The minimum absolute atomic E-state index is 0.0183. The number of nitrogens with zero attached hydrogens (tertiary/aromatic N) is 4. The van der Waals surface area contributed by atoms with Gasteiger partial charge in [0.15, 0.2) is 0 Å². The van der Waals surface area contributed by atoms with Gasteiger partial charge in [-0.05, 0) is 54.3 Å². The van der Waals surface area contributed by atoms with Crippen molar-refractivity contribution in [2.24, 2.45) is 0 Å². The number of hydrogen-bond donors (Lipinski definition) is 3. The highest BCUT2D eigenvalue weighted by atomic mass is 35.5. The van der Waals surface area contributed by atoms with Crippen LogP contribution in [0, 0.1) is 0 Å². The lowest BCUT2D eigenvalue weighted by molar-refractivity contribution is -0.120. The van der Waals surface area contributed by atoms with E-state index in [1.54, 1.807) is 22.9 Å². The third-order valence-corrected chi connectivity index (χ3v) is 8.14. The summed E-state index contributed by atoms with van der Waals surface area (Å²) in [6, 6.07) is 11.4. The average molecular weight is 512 g/mol. The molecule has 0 saturated heterocycles. The van der Waals surface area contributed by atoms with Gasteiger partial charge in [-0.1, -0.05) is 17.7 Å². The first-order valence-electron chi connectivity index (χ1n) is 11.9. The average Bonchev–Trinajstić information content (AvgIpc) is 3.59. The molecule has 3 N–H and O–H groups in total. The summed E-state index contributed by atoms with van der Waals surface area (Å²) in [7, 11) is 0. The summed E-state index contributed by atoms with van der Waals surface area (Å²) in [5.74, 6) is 0.960. The van der Waals surface area contributed by atoms with E-state index in [1.165, 1.54) is 4.57 Å². The largest absolute Gasteiger partial charge is 0.340 e. The van der Waals surface area contributed by atoms with Gasteiger partial charge >= 0.3 is 5.69 Å². The molecule has 2 aliphatic heterocycles. The van der Waals surface area contributed by atoms with E-state index < -0.39 is 5.41 Å². The molecule has 182 valence electrons. The van der Waals surface area contributed by atoms with Gasteiger partial charge in [0.05, 0.1) is 44.7 Å². The zero-order chi connectivity index (χ0) is 25.1. The fourth-order valence-corrected chi connectivity index (χ4v) is 6.39.